The van der Waals surface area contributed by atoms with Gasteiger partial charge in [0, 0.05) is 17.9 Å². The first-order valence-corrected chi connectivity index (χ1v) is 8.03. The molecule has 1 unspecified atom stereocenters. The second-order valence-corrected chi connectivity index (χ2v) is 6.25. The van der Waals surface area contributed by atoms with E-state index in [1.807, 2.05) is 0 Å². The lowest BCUT2D eigenvalue weighted by Gasteiger charge is -2.15. The van der Waals surface area contributed by atoms with Crippen LogP contribution < -0.4 is 5.32 Å². The molecule has 1 atom stereocenters. The van der Waals surface area contributed by atoms with Crippen molar-refractivity contribution in [1.29, 1.82) is 0 Å². The van der Waals surface area contributed by atoms with Crippen LogP contribution in [0.15, 0.2) is 24.3 Å². The van der Waals surface area contributed by atoms with Crippen LogP contribution in [0.25, 0.3) is 10.1 Å². The minimum absolute atomic E-state index is 0.129. The average molecular weight is 309 g/mol. The van der Waals surface area contributed by atoms with Gasteiger partial charge in [-0.2, -0.15) is 0 Å². The van der Waals surface area contributed by atoms with Crippen molar-refractivity contribution in [2.75, 3.05) is 13.2 Å². The van der Waals surface area contributed by atoms with Crippen molar-refractivity contribution in [3.05, 3.63) is 35.0 Å². The number of aliphatic hydroxyl groups is 1. The number of rotatable bonds is 7. The Bertz CT molecular complexity index is 605. The molecule has 0 fully saturated rings. The van der Waals surface area contributed by atoms with Crippen molar-refractivity contribution >= 4 is 27.3 Å². The maximum absolute atomic E-state index is 13.2. The smallest absolute Gasteiger partial charge is 0.261 e. The van der Waals surface area contributed by atoms with E-state index < -0.39 is 0 Å². The number of nitrogens with one attached hydrogen (secondary N) is 1. The zero-order valence-corrected chi connectivity index (χ0v) is 12.9. The predicted octanol–water partition coefficient (Wildman–Crippen LogP) is 3.57. The third kappa shape index (κ3) is 4.25. The highest BCUT2D eigenvalue weighted by molar-refractivity contribution is 7.20. The Morgan fingerprint density at radius 1 is 1.38 bits per heavy atom. The van der Waals surface area contributed by atoms with E-state index in [0.29, 0.717) is 23.8 Å². The minimum atomic E-state index is -0.290. The SMILES string of the molecule is CCCC(CCO)CNC(=O)c1cc2ccc(F)cc2s1. The van der Waals surface area contributed by atoms with Gasteiger partial charge in [-0.1, -0.05) is 19.4 Å². The number of thiophene rings is 1. The molecule has 2 aromatic rings. The number of amides is 1. The molecule has 0 aliphatic rings. The molecular formula is C16H20FNO2S. The Kier molecular flexibility index (Phi) is 5.70. The van der Waals surface area contributed by atoms with Gasteiger partial charge in [-0.25, -0.2) is 4.39 Å². The molecule has 1 aromatic heterocycles. The Hall–Kier alpha value is -1.46. The van der Waals surface area contributed by atoms with Crippen molar-refractivity contribution in [3.63, 3.8) is 0 Å². The first kappa shape index (κ1) is 15.9. The van der Waals surface area contributed by atoms with Crippen molar-refractivity contribution < 1.29 is 14.3 Å². The van der Waals surface area contributed by atoms with E-state index in [9.17, 15) is 9.18 Å². The zero-order valence-electron chi connectivity index (χ0n) is 12.1. The van der Waals surface area contributed by atoms with Crippen LogP contribution in [-0.4, -0.2) is 24.2 Å². The van der Waals surface area contributed by atoms with E-state index in [0.717, 1.165) is 22.9 Å². The zero-order chi connectivity index (χ0) is 15.2. The van der Waals surface area contributed by atoms with Crippen LogP contribution in [0.4, 0.5) is 4.39 Å². The van der Waals surface area contributed by atoms with Gasteiger partial charge in [0.1, 0.15) is 5.82 Å². The standard InChI is InChI=1S/C16H20FNO2S/c1-2-3-11(6-7-19)10-18-16(20)15-8-12-4-5-13(17)9-14(12)21-15/h4-5,8-9,11,19H,2-3,6-7,10H2,1H3,(H,18,20). The summed E-state index contributed by atoms with van der Waals surface area (Å²) in [5, 5.41) is 12.8. The Morgan fingerprint density at radius 3 is 2.90 bits per heavy atom. The quantitative estimate of drug-likeness (QED) is 0.821. The summed E-state index contributed by atoms with van der Waals surface area (Å²) in [6.45, 7) is 2.80. The molecule has 114 valence electrons. The number of halogens is 1. The first-order valence-electron chi connectivity index (χ1n) is 7.22. The summed E-state index contributed by atoms with van der Waals surface area (Å²) >= 11 is 1.30. The lowest BCUT2D eigenvalue weighted by molar-refractivity contribution is 0.0947. The molecule has 2 rings (SSSR count). The van der Waals surface area contributed by atoms with Gasteiger partial charge in [-0.3, -0.25) is 4.79 Å². The van der Waals surface area contributed by atoms with Gasteiger partial charge in [0.2, 0.25) is 0 Å². The Morgan fingerprint density at radius 2 is 2.19 bits per heavy atom. The van der Waals surface area contributed by atoms with Crippen LogP contribution in [-0.2, 0) is 0 Å². The lowest BCUT2D eigenvalue weighted by atomic mass is 10.0. The highest BCUT2D eigenvalue weighted by Gasteiger charge is 2.13. The number of hydrogen-bond donors (Lipinski definition) is 2. The van der Waals surface area contributed by atoms with Gasteiger partial charge in [-0.05, 0) is 42.3 Å². The van der Waals surface area contributed by atoms with E-state index in [4.69, 9.17) is 5.11 Å². The molecule has 1 aromatic carbocycles. The first-order chi connectivity index (χ1) is 10.1. The monoisotopic (exact) mass is 309 g/mol. The van der Waals surface area contributed by atoms with Crippen LogP contribution in [0.3, 0.4) is 0 Å². The number of fused-ring (bicyclic) bond motifs is 1. The summed E-state index contributed by atoms with van der Waals surface area (Å²) in [5.41, 5.74) is 0. The van der Waals surface area contributed by atoms with Crippen molar-refractivity contribution in [3.8, 4) is 0 Å². The van der Waals surface area contributed by atoms with E-state index in [2.05, 4.69) is 12.2 Å². The van der Waals surface area contributed by atoms with Crippen LogP contribution in [0.2, 0.25) is 0 Å². The highest BCUT2D eigenvalue weighted by atomic mass is 32.1. The summed E-state index contributed by atoms with van der Waals surface area (Å²) in [6.07, 6.45) is 2.72. The van der Waals surface area contributed by atoms with E-state index >= 15 is 0 Å². The fraction of sp³-hybridized carbons (Fsp3) is 0.438. The summed E-state index contributed by atoms with van der Waals surface area (Å²) < 4.78 is 13.9. The Labute approximate surface area is 127 Å². The highest BCUT2D eigenvalue weighted by Crippen LogP contribution is 2.26. The largest absolute Gasteiger partial charge is 0.396 e. The van der Waals surface area contributed by atoms with Crippen LogP contribution in [0, 0.1) is 11.7 Å². The van der Waals surface area contributed by atoms with Crippen LogP contribution in [0.5, 0.6) is 0 Å². The van der Waals surface area contributed by atoms with Gasteiger partial charge in [0.25, 0.3) is 5.91 Å². The number of carbonyl (C=O) groups excluding carboxylic acids is 1. The van der Waals surface area contributed by atoms with E-state index in [1.165, 1.54) is 23.5 Å². The van der Waals surface area contributed by atoms with E-state index in [-0.39, 0.29) is 18.3 Å². The molecule has 0 aliphatic heterocycles. The molecule has 0 spiro atoms. The number of benzene rings is 1. The predicted molar refractivity (Wildman–Crippen MR) is 84.2 cm³/mol. The average Bonchev–Trinajstić information content (AvgIpc) is 2.88. The molecule has 0 saturated carbocycles. The fourth-order valence-electron chi connectivity index (χ4n) is 2.38. The van der Waals surface area contributed by atoms with Gasteiger partial charge in [0.05, 0.1) is 4.88 Å². The van der Waals surface area contributed by atoms with Crippen molar-refractivity contribution in [2.24, 2.45) is 5.92 Å². The molecule has 1 heterocycles. The minimum Gasteiger partial charge on any atom is -0.396 e. The molecule has 0 aliphatic carbocycles. The molecule has 1 amide bonds. The summed E-state index contributed by atoms with van der Waals surface area (Å²) in [7, 11) is 0. The molecule has 21 heavy (non-hydrogen) atoms. The van der Waals surface area contributed by atoms with Crippen molar-refractivity contribution in [2.45, 2.75) is 26.2 Å². The van der Waals surface area contributed by atoms with E-state index in [1.54, 1.807) is 12.1 Å². The normalized spacial score (nSPS) is 12.5. The van der Waals surface area contributed by atoms with Gasteiger partial charge < -0.3 is 10.4 Å². The van der Waals surface area contributed by atoms with Crippen LogP contribution >= 0.6 is 11.3 Å². The third-order valence-corrected chi connectivity index (χ3v) is 4.59. The second kappa shape index (κ2) is 7.52. The fourth-order valence-corrected chi connectivity index (χ4v) is 3.38. The molecule has 5 heteroatoms. The topological polar surface area (TPSA) is 49.3 Å². The van der Waals surface area contributed by atoms with Gasteiger partial charge in [-0.15, -0.1) is 11.3 Å². The van der Waals surface area contributed by atoms with Gasteiger partial charge >= 0.3 is 0 Å². The third-order valence-electron chi connectivity index (χ3n) is 3.49. The van der Waals surface area contributed by atoms with Gasteiger partial charge in [0.15, 0.2) is 0 Å². The number of hydrogen-bond acceptors (Lipinski definition) is 3. The summed E-state index contributed by atoms with van der Waals surface area (Å²) in [6, 6.07) is 6.32. The summed E-state index contributed by atoms with van der Waals surface area (Å²) in [5.74, 6) is -0.117. The lowest BCUT2D eigenvalue weighted by Crippen LogP contribution is -2.29. The molecule has 0 saturated heterocycles. The van der Waals surface area contributed by atoms with Crippen LogP contribution in [0.1, 0.15) is 35.9 Å². The molecular weight excluding hydrogens is 289 g/mol. The number of aliphatic hydroxyl groups excluding tert-OH is 1. The summed E-state index contributed by atoms with van der Waals surface area (Å²) in [4.78, 5) is 12.7. The maximum Gasteiger partial charge on any atom is 0.261 e. The maximum atomic E-state index is 13.2. The Balaban J connectivity index is 2.01. The molecule has 3 nitrogen and oxygen atoms in total. The molecule has 0 bridgehead atoms. The second-order valence-electron chi connectivity index (χ2n) is 5.17. The van der Waals surface area contributed by atoms with Crippen molar-refractivity contribution in [1.82, 2.24) is 5.32 Å². The molecule has 0 radical (unpaired) electrons. The number of carbonyl (C=O) groups is 1. The molecule has 2 N–H and O–H groups in total.